The van der Waals surface area contributed by atoms with Gasteiger partial charge in [0.2, 0.25) is 0 Å². The van der Waals surface area contributed by atoms with Crippen molar-refractivity contribution in [2.24, 2.45) is 5.92 Å². The molecule has 0 rings (SSSR count). The van der Waals surface area contributed by atoms with Gasteiger partial charge in [-0.1, -0.05) is 6.92 Å². The Labute approximate surface area is 86.2 Å². The summed E-state index contributed by atoms with van der Waals surface area (Å²) in [4.78, 5) is 0. The van der Waals surface area contributed by atoms with Crippen LogP contribution >= 0.6 is 0 Å². The number of aliphatic hydroxyl groups excluding tert-OH is 4. The molecule has 14 heavy (non-hydrogen) atoms. The van der Waals surface area contributed by atoms with E-state index in [2.05, 4.69) is 0 Å². The Morgan fingerprint density at radius 2 is 1.07 bits per heavy atom. The second-order valence-corrected chi connectivity index (χ2v) is 3.28. The Balaban J connectivity index is 0. The van der Waals surface area contributed by atoms with E-state index in [-0.39, 0.29) is 26.4 Å². The summed E-state index contributed by atoms with van der Waals surface area (Å²) in [6, 6.07) is 0. The van der Waals surface area contributed by atoms with Crippen LogP contribution in [0.4, 0.5) is 0 Å². The van der Waals surface area contributed by atoms with Crippen LogP contribution in [0.2, 0.25) is 0 Å². The molecule has 0 aromatic carbocycles. The van der Waals surface area contributed by atoms with Crippen LogP contribution in [0.1, 0.15) is 32.6 Å². The van der Waals surface area contributed by atoms with Crippen LogP contribution < -0.4 is 0 Å². The third-order valence-electron chi connectivity index (χ3n) is 1.81. The number of hydrogen-bond donors (Lipinski definition) is 4. The van der Waals surface area contributed by atoms with E-state index >= 15 is 0 Å². The molecule has 0 aromatic heterocycles. The summed E-state index contributed by atoms with van der Waals surface area (Å²) in [5.41, 5.74) is 0. The summed E-state index contributed by atoms with van der Waals surface area (Å²) in [6.45, 7) is 2.88. The lowest BCUT2D eigenvalue weighted by molar-refractivity contribution is 0.223. The van der Waals surface area contributed by atoms with E-state index < -0.39 is 0 Å². The van der Waals surface area contributed by atoms with Crippen LogP contribution in [0, 0.1) is 5.92 Å². The van der Waals surface area contributed by atoms with E-state index in [0.717, 1.165) is 25.7 Å². The third-order valence-corrected chi connectivity index (χ3v) is 1.81. The first kappa shape index (κ1) is 16.3. The molecule has 0 spiro atoms. The fourth-order valence-electron chi connectivity index (χ4n) is 0.809. The van der Waals surface area contributed by atoms with Crippen molar-refractivity contribution in [1.82, 2.24) is 0 Å². The molecule has 0 saturated heterocycles. The molecule has 0 aliphatic carbocycles. The number of unbranched alkanes of at least 4 members (excludes halogenated alkanes) is 1. The standard InChI is InChI=1S/C6H14O2.C4H10O2/c1-6(2-4-7)3-5-8;5-3-1-2-4-6/h6-8H,2-5H2,1H3;5-6H,1-4H2. The van der Waals surface area contributed by atoms with Crippen molar-refractivity contribution in [3.63, 3.8) is 0 Å². The Kier molecular flexibility index (Phi) is 17.8. The zero-order valence-corrected chi connectivity index (χ0v) is 9.02. The van der Waals surface area contributed by atoms with E-state index in [0.29, 0.717) is 5.92 Å². The highest BCUT2D eigenvalue weighted by Gasteiger charge is 1.97. The number of rotatable bonds is 7. The Hall–Kier alpha value is -0.160. The smallest absolute Gasteiger partial charge is 0.0433 e. The average Bonchev–Trinajstić information content (AvgIpc) is 2.16. The van der Waals surface area contributed by atoms with Gasteiger partial charge in [0, 0.05) is 26.4 Å². The van der Waals surface area contributed by atoms with Crippen LogP contribution in [0.25, 0.3) is 0 Å². The fraction of sp³-hybridized carbons (Fsp3) is 1.00. The quantitative estimate of drug-likeness (QED) is 0.449. The maximum atomic E-state index is 8.38. The summed E-state index contributed by atoms with van der Waals surface area (Å²) < 4.78 is 0. The molecule has 0 aliphatic rings. The first-order valence-corrected chi connectivity index (χ1v) is 5.16. The summed E-state index contributed by atoms with van der Waals surface area (Å²) >= 11 is 0. The molecular formula is C10H24O4. The third kappa shape index (κ3) is 17.8. The Bertz CT molecular complexity index is 78.2. The first-order chi connectivity index (χ1) is 6.72. The lowest BCUT2D eigenvalue weighted by Crippen LogP contribution is -1.99. The number of hydrogen-bond acceptors (Lipinski definition) is 4. The van der Waals surface area contributed by atoms with Gasteiger partial charge in [-0.15, -0.1) is 0 Å². The molecular weight excluding hydrogens is 184 g/mol. The van der Waals surface area contributed by atoms with Crippen molar-refractivity contribution in [2.45, 2.75) is 32.6 Å². The van der Waals surface area contributed by atoms with Gasteiger partial charge in [-0.05, 0) is 31.6 Å². The van der Waals surface area contributed by atoms with Crippen LogP contribution in [0.15, 0.2) is 0 Å². The van der Waals surface area contributed by atoms with Crippen molar-refractivity contribution in [3.8, 4) is 0 Å². The average molecular weight is 208 g/mol. The molecule has 88 valence electrons. The predicted molar refractivity (Wildman–Crippen MR) is 56.0 cm³/mol. The minimum atomic E-state index is 0.195. The SMILES string of the molecule is CC(CCO)CCO.OCCCCO. The van der Waals surface area contributed by atoms with Crippen LogP contribution in [-0.4, -0.2) is 46.9 Å². The van der Waals surface area contributed by atoms with E-state index in [1.165, 1.54) is 0 Å². The van der Waals surface area contributed by atoms with Gasteiger partial charge in [-0.25, -0.2) is 0 Å². The molecule has 0 aliphatic heterocycles. The maximum Gasteiger partial charge on any atom is 0.0433 e. The predicted octanol–water partition coefficient (Wildman–Crippen LogP) is 0.139. The molecule has 0 aromatic rings. The molecule has 0 radical (unpaired) electrons. The van der Waals surface area contributed by atoms with Crippen molar-refractivity contribution >= 4 is 0 Å². The van der Waals surface area contributed by atoms with Crippen molar-refractivity contribution in [3.05, 3.63) is 0 Å². The molecule has 0 amide bonds. The van der Waals surface area contributed by atoms with Crippen molar-refractivity contribution < 1.29 is 20.4 Å². The van der Waals surface area contributed by atoms with Crippen LogP contribution in [0.3, 0.4) is 0 Å². The zero-order valence-electron chi connectivity index (χ0n) is 9.02. The zero-order chi connectivity index (χ0) is 11.2. The molecule has 0 saturated carbocycles. The molecule has 4 N–H and O–H groups in total. The van der Waals surface area contributed by atoms with E-state index in [1.54, 1.807) is 0 Å². The highest BCUT2D eigenvalue weighted by Crippen LogP contribution is 2.03. The molecule has 0 unspecified atom stereocenters. The number of aliphatic hydroxyl groups is 4. The fourth-order valence-corrected chi connectivity index (χ4v) is 0.809. The van der Waals surface area contributed by atoms with E-state index in [1.807, 2.05) is 6.92 Å². The van der Waals surface area contributed by atoms with Gasteiger partial charge < -0.3 is 20.4 Å². The second kappa shape index (κ2) is 15.3. The minimum Gasteiger partial charge on any atom is -0.396 e. The molecule has 4 nitrogen and oxygen atoms in total. The van der Waals surface area contributed by atoms with Crippen LogP contribution in [0.5, 0.6) is 0 Å². The van der Waals surface area contributed by atoms with Crippen molar-refractivity contribution in [2.75, 3.05) is 26.4 Å². The summed E-state index contributed by atoms with van der Waals surface area (Å²) in [6.07, 6.45) is 3.05. The molecule has 0 fully saturated rings. The van der Waals surface area contributed by atoms with Crippen molar-refractivity contribution in [1.29, 1.82) is 0 Å². The largest absolute Gasteiger partial charge is 0.396 e. The highest BCUT2D eigenvalue weighted by molar-refractivity contribution is 4.49. The maximum absolute atomic E-state index is 8.38. The van der Waals surface area contributed by atoms with Gasteiger partial charge in [-0.3, -0.25) is 0 Å². The monoisotopic (exact) mass is 208 g/mol. The van der Waals surface area contributed by atoms with Gasteiger partial charge in [0.05, 0.1) is 0 Å². The molecule has 4 heteroatoms. The van der Waals surface area contributed by atoms with Gasteiger partial charge >= 0.3 is 0 Å². The van der Waals surface area contributed by atoms with Gasteiger partial charge in [0.15, 0.2) is 0 Å². The van der Waals surface area contributed by atoms with Gasteiger partial charge in [0.1, 0.15) is 0 Å². The van der Waals surface area contributed by atoms with Gasteiger partial charge in [0.25, 0.3) is 0 Å². The van der Waals surface area contributed by atoms with E-state index in [4.69, 9.17) is 20.4 Å². The summed E-state index contributed by atoms with van der Waals surface area (Å²) in [7, 11) is 0. The second-order valence-electron chi connectivity index (χ2n) is 3.28. The Morgan fingerprint density at radius 1 is 0.714 bits per heavy atom. The van der Waals surface area contributed by atoms with E-state index in [9.17, 15) is 0 Å². The normalized spacial score (nSPS) is 9.86. The minimum absolute atomic E-state index is 0.195. The Morgan fingerprint density at radius 3 is 1.29 bits per heavy atom. The summed E-state index contributed by atoms with van der Waals surface area (Å²) in [5, 5.41) is 32.9. The lowest BCUT2D eigenvalue weighted by atomic mass is 10.1. The first-order valence-electron chi connectivity index (χ1n) is 5.16. The topological polar surface area (TPSA) is 80.9 Å². The van der Waals surface area contributed by atoms with Gasteiger partial charge in [-0.2, -0.15) is 0 Å². The lowest BCUT2D eigenvalue weighted by Gasteiger charge is -2.04. The molecule has 0 atom stereocenters. The molecule has 0 bridgehead atoms. The molecule has 0 heterocycles. The highest BCUT2D eigenvalue weighted by atomic mass is 16.3. The van der Waals surface area contributed by atoms with Crippen LogP contribution in [-0.2, 0) is 0 Å². The summed E-state index contributed by atoms with van der Waals surface area (Å²) in [5.74, 6) is 0.463.